The van der Waals surface area contributed by atoms with Gasteiger partial charge in [-0.25, -0.2) is 4.39 Å². The van der Waals surface area contributed by atoms with Crippen molar-refractivity contribution in [3.8, 4) is 0 Å². The van der Waals surface area contributed by atoms with E-state index in [1.807, 2.05) is 0 Å². The molecule has 3 rings (SSSR count). The average molecular weight is 311 g/mol. The third kappa shape index (κ3) is 2.29. The zero-order valence-electron chi connectivity index (χ0n) is 10.1. The Morgan fingerprint density at radius 2 is 1.90 bits per heavy atom. The molecule has 0 saturated heterocycles. The summed E-state index contributed by atoms with van der Waals surface area (Å²) in [5.41, 5.74) is 0.854. The molecule has 0 aliphatic rings. The van der Waals surface area contributed by atoms with E-state index in [2.05, 4.69) is 0 Å². The molecule has 0 saturated carbocycles. The highest BCUT2D eigenvalue weighted by Crippen LogP contribution is 2.33. The molecule has 0 radical (unpaired) electrons. The summed E-state index contributed by atoms with van der Waals surface area (Å²) in [6.45, 7) is 0. The van der Waals surface area contributed by atoms with E-state index in [9.17, 15) is 9.50 Å². The van der Waals surface area contributed by atoms with Crippen molar-refractivity contribution in [1.82, 2.24) is 0 Å². The molecule has 3 aromatic rings. The first-order valence-corrected chi connectivity index (χ1v) is 6.63. The Hall–Kier alpha value is -1.55. The van der Waals surface area contributed by atoms with Gasteiger partial charge >= 0.3 is 0 Å². The van der Waals surface area contributed by atoms with Gasteiger partial charge < -0.3 is 9.52 Å². The molecule has 1 unspecified atom stereocenters. The molecule has 20 heavy (non-hydrogen) atoms. The second-order valence-corrected chi connectivity index (χ2v) is 5.19. The van der Waals surface area contributed by atoms with Crippen LogP contribution in [-0.4, -0.2) is 5.11 Å². The Morgan fingerprint density at radius 1 is 1.10 bits per heavy atom. The molecular formula is C15H9Cl2FO2. The van der Waals surface area contributed by atoms with E-state index >= 15 is 0 Å². The van der Waals surface area contributed by atoms with Gasteiger partial charge in [0, 0.05) is 16.0 Å². The van der Waals surface area contributed by atoms with Crippen molar-refractivity contribution in [1.29, 1.82) is 0 Å². The molecule has 102 valence electrons. The molecule has 0 fully saturated rings. The number of furan rings is 1. The van der Waals surface area contributed by atoms with Gasteiger partial charge in [-0.15, -0.1) is 0 Å². The van der Waals surface area contributed by atoms with E-state index < -0.39 is 11.9 Å². The third-order valence-electron chi connectivity index (χ3n) is 3.04. The van der Waals surface area contributed by atoms with Crippen LogP contribution in [0.2, 0.25) is 10.0 Å². The molecule has 0 bridgehead atoms. The average Bonchev–Trinajstić information content (AvgIpc) is 2.84. The second-order valence-electron chi connectivity index (χ2n) is 4.38. The lowest BCUT2D eigenvalue weighted by atomic mass is 10.1. The summed E-state index contributed by atoms with van der Waals surface area (Å²) in [4.78, 5) is 0. The lowest BCUT2D eigenvalue weighted by Gasteiger charge is -2.10. The van der Waals surface area contributed by atoms with Gasteiger partial charge in [-0.2, -0.15) is 0 Å². The molecule has 0 aliphatic carbocycles. The van der Waals surface area contributed by atoms with Gasteiger partial charge in [-0.1, -0.05) is 35.3 Å². The van der Waals surface area contributed by atoms with Crippen molar-refractivity contribution in [3.63, 3.8) is 0 Å². The predicted octanol–water partition coefficient (Wildman–Crippen LogP) is 4.96. The number of benzene rings is 2. The van der Waals surface area contributed by atoms with E-state index in [1.165, 1.54) is 12.1 Å². The molecule has 0 amide bonds. The number of hydrogen-bond donors (Lipinski definition) is 1. The van der Waals surface area contributed by atoms with Crippen molar-refractivity contribution in [2.45, 2.75) is 6.10 Å². The highest BCUT2D eigenvalue weighted by Gasteiger charge is 2.20. The SMILES string of the molecule is OC(c1cc2cc(Cl)ccc2o1)c1cccc(F)c1Cl. The van der Waals surface area contributed by atoms with E-state index in [0.717, 1.165) is 5.39 Å². The summed E-state index contributed by atoms with van der Waals surface area (Å²) >= 11 is 11.8. The third-order valence-corrected chi connectivity index (χ3v) is 3.68. The molecule has 1 aromatic heterocycles. The van der Waals surface area contributed by atoms with Crippen molar-refractivity contribution < 1.29 is 13.9 Å². The van der Waals surface area contributed by atoms with Crippen molar-refractivity contribution in [3.05, 3.63) is 69.7 Å². The first kappa shape index (κ1) is 13.4. The van der Waals surface area contributed by atoms with Crippen LogP contribution in [0.5, 0.6) is 0 Å². The minimum atomic E-state index is -1.13. The van der Waals surface area contributed by atoms with Crippen LogP contribution in [0.4, 0.5) is 4.39 Å². The first-order chi connectivity index (χ1) is 9.56. The Labute approximate surface area is 124 Å². The molecule has 1 heterocycles. The summed E-state index contributed by atoms with van der Waals surface area (Å²) in [5, 5.41) is 11.5. The van der Waals surface area contributed by atoms with Gasteiger partial charge in [0.15, 0.2) is 0 Å². The van der Waals surface area contributed by atoms with E-state index in [-0.39, 0.29) is 16.3 Å². The topological polar surface area (TPSA) is 33.4 Å². The number of aliphatic hydroxyl groups is 1. The fourth-order valence-electron chi connectivity index (χ4n) is 2.05. The van der Waals surface area contributed by atoms with Gasteiger partial charge in [0.1, 0.15) is 23.3 Å². The van der Waals surface area contributed by atoms with Gasteiger partial charge in [-0.05, 0) is 30.3 Å². The summed E-state index contributed by atoms with van der Waals surface area (Å²) in [5.74, 6) is -0.294. The Kier molecular flexibility index (Phi) is 3.42. The standard InChI is InChI=1S/C15H9Cl2FO2/c16-9-4-5-12-8(6-9)7-13(20-12)15(19)10-2-1-3-11(18)14(10)17/h1-7,15,19H. The fraction of sp³-hybridized carbons (Fsp3) is 0.0667. The highest BCUT2D eigenvalue weighted by atomic mass is 35.5. The minimum Gasteiger partial charge on any atom is -0.458 e. The highest BCUT2D eigenvalue weighted by molar-refractivity contribution is 6.31. The van der Waals surface area contributed by atoms with Crippen LogP contribution in [-0.2, 0) is 0 Å². The lowest BCUT2D eigenvalue weighted by molar-refractivity contribution is 0.192. The zero-order valence-corrected chi connectivity index (χ0v) is 11.6. The second kappa shape index (κ2) is 5.09. The normalized spacial score (nSPS) is 12.8. The number of halogens is 3. The van der Waals surface area contributed by atoms with Crippen LogP contribution >= 0.6 is 23.2 Å². The maximum absolute atomic E-state index is 13.4. The lowest BCUT2D eigenvalue weighted by Crippen LogP contribution is -2.00. The Balaban J connectivity index is 2.08. The summed E-state index contributed by atoms with van der Waals surface area (Å²) in [7, 11) is 0. The first-order valence-electron chi connectivity index (χ1n) is 5.87. The quantitative estimate of drug-likeness (QED) is 0.725. The van der Waals surface area contributed by atoms with E-state index in [4.69, 9.17) is 27.6 Å². The number of rotatable bonds is 2. The van der Waals surface area contributed by atoms with Gasteiger partial charge in [0.05, 0.1) is 5.02 Å². The van der Waals surface area contributed by atoms with Crippen LogP contribution in [0, 0.1) is 5.82 Å². The van der Waals surface area contributed by atoms with Gasteiger partial charge in [0.2, 0.25) is 0 Å². The van der Waals surface area contributed by atoms with E-state index in [0.29, 0.717) is 10.6 Å². The van der Waals surface area contributed by atoms with Crippen LogP contribution in [0.3, 0.4) is 0 Å². The molecule has 2 nitrogen and oxygen atoms in total. The van der Waals surface area contributed by atoms with Crippen LogP contribution in [0.25, 0.3) is 11.0 Å². The predicted molar refractivity (Wildman–Crippen MR) is 76.7 cm³/mol. The van der Waals surface area contributed by atoms with Crippen molar-refractivity contribution >= 4 is 34.2 Å². The molecule has 1 atom stereocenters. The molecule has 0 aliphatic heterocycles. The van der Waals surface area contributed by atoms with Crippen LogP contribution in [0.15, 0.2) is 46.9 Å². The Bertz CT molecular complexity index is 783. The maximum atomic E-state index is 13.4. The monoisotopic (exact) mass is 310 g/mol. The maximum Gasteiger partial charge on any atom is 0.142 e. The van der Waals surface area contributed by atoms with Crippen LogP contribution in [0.1, 0.15) is 17.4 Å². The number of hydrogen-bond acceptors (Lipinski definition) is 2. The molecule has 0 spiro atoms. The largest absolute Gasteiger partial charge is 0.458 e. The number of fused-ring (bicyclic) bond motifs is 1. The molecule has 1 N–H and O–H groups in total. The smallest absolute Gasteiger partial charge is 0.142 e. The zero-order chi connectivity index (χ0) is 14.3. The fourth-order valence-corrected chi connectivity index (χ4v) is 2.46. The molecule has 5 heteroatoms. The van der Waals surface area contributed by atoms with Crippen molar-refractivity contribution in [2.75, 3.05) is 0 Å². The molecular weight excluding hydrogens is 302 g/mol. The summed E-state index contributed by atoms with van der Waals surface area (Å²) < 4.78 is 19.0. The van der Waals surface area contributed by atoms with Gasteiger partial charge in [0.25, 0.3) is 0 Å². The van der Waals surface area contributed by atoms with Crippen LogP contribution < -0.4 is 0 Å². The summed E-state index contributed by atoms with van der Waals surface area (Å²) in [6.07, 6.45) is -1.13. The van der Waals surface area contributed by atoms with E-state index in [1.54, 1.807) is 30.3 Å². The number of aliphatic hydroxyl groups excluding tert-OH is 1. The van der Waals surface area contributed by atoms with Crippen molar-refractivity contribution in [2.24, 2.45) is 0 Å². The minimum absolute atomic E-state index is 0.113. The van der Waals surface area contributed by atoms with Gasteiger partial charge in [-0.3, -0.25) is 0 Å². The summed E-state index contributed by atoms with van der Waals surface area (Å²) in [6, 6.07) is 11.1. The Morgan fingerprint density at radius 3 is 2.70 bits per heavy atom. The molecule has 2 aromatic carbocycles.